The van der Waals surface area contributed by atoms with E-state index in [-0.39, 0.29) is 18.0 Å². The molecule has 0 atom stereocenters. The van der Waals surface area contributed by atoms with Crippen LogP contribution in [-0.4, -0.2) is 23.2 Å². The zero-order valence-electron chi connectivity index (χ0n) is 10.3. The maximum atomic E-state index is 13.0. The molecule has 3 rings (SSSR count). The molecule has 2 aliphatic heterocycles. The largest absolute Gasteiger partial charge is 0.433 e. The Balaban J connectivity index is 2.02. The second-order valence-corrected chi connectivity index (χ2v) is 4.84. The zero-order valence-corrected chi connectivity index (χ0v) is 10.3. The van der Waals surface area contributed by atoms with E-state index in [1.807, 2.05) is 0 Å². The van der Waals surface area contributed by atoms with Crippen LogP contribution in [0.4, 0.5) is 13.2 Å². The minimum absolute atomic E-state index is 0.0271. The third-order valence-electron chi connectivity index (χ3n) is 3.56. The van der Waals surface area contributed by atoms with Crippen LogP contribution in [0.2, 0.25) is 0 Å². The fraction of sp³-hybridized carbons (Fsp3) is 0.667. The van der Waals surface area contributed by atoms with Gasteiger partial charge in [-0.1, -0.05) is 0 Å². The number of aromatic nitrogens is 2. The molecular weight excluding hydrogens is 259 g/mol. The van der Waals surface area contributed by atoms with Gasteiger partial charge in [-0.05, 0) is 12.8 Å². The smallest absolute Gasteiger partial charge is 0.381 e. The molecule has 0 spiro atoms. The molecule has 19 heavy (non-hydrogen) atoms. The van der Waals surface area contributed by atoms with Gasteiger partial charge in [0.2, 0.25) is 0 Å². The summed E-state index contributed by atoms with van der Waals surface area (Å²) in [5.41, 5.74) is -0.0869. The van der Waals surface area contributed by atoms with Crippen LogP contribution >= 0.6 is 0 Å². The Labute approximate surface area is 108 Å². The van der Waals surface area contributed by atoms with Gasteiger partial charge in [0, 0.05) is 37.8 Å². The van der Waals surface area contributed by atoms with E-state index in [9.17, 15) is 13.2 Å². The maximum Gasteiger partial charge on any atom is 0.433 e. The average molecular weight is 273 g/mol. The van der Waals surface area contributed by atoms with Crippen molar-refractivity contribution in [3.05, 3.63) is 22.8 Å². The van der Waals surface area contributed by atoms with Crippen LogP contribution < -0.4 is 5.32 Å². The summed E-state index contributed by atoms with van der Waals surface area (Å²) in [6.45, 7) is 1.70. The molecule has 1 aromatic heterocycles. The lowest BCUT2D eigenvalue weighted by Gasteiger charge is -2.22. The van der Waals surface area contributed by atoms with Crippen molar-refractivity contribution >= 4 is 0 Å². The quantitative estimate of drug-likeness (QED) is 0.850. The molecule has 2 aliphatic rings. The van der Waals surface area contributed by atoms with Crippen LogP contribution in [0.1, 0.15) is 41.5 Å². The first-order valence-corrected chi connectivity index (χ1v) is 6.31. The Morgan fingerprint density at radius 2 is 1.84 bits per heavy atom. The molecule has 1 N–H and O–H groups in total. The van der Waals surface area contributed by atoms with Crippen molar-refractivity contribution in [1.82, 2.24) is 15.3 Å². The number of rotatable bonds is 1. The summed E-state index contributed by atoms with van der Waals surface area (Å²) in [4.78, 5) is 8.13. The third-order valence-corrected chi connectivity index (χ3v) is 3.56. The fourth-order valence-electron chi connectivity index (χ4n) is 2.56. The number of nitrogens with one attached hydrogen (secondary N) is 1. The predicted molar refractivity (Wildman–Crippen MR) is 60.4 cm³/mol. The van der Waals surface area contributed by atoms with E-state index in [0.717, 1.165) is 0 Å². The van der Waals surface area contributed by atoms with Crippen LogP contribution in [0, 0.1) is 0 Å². The van der Waals surface area contributed by atoms with Crippen molar-refractivity contribution < 1.29 is 17.9 Å². The van der Waals surface area contributed by atoms with Gasteiger partial charge >= 0.3 is 6.18 Å². The summed E-state index contributed by atoms with van der Waals surface area (Å²) in [6.07, 6.45) is -3.05. The minimum atomic E-state index is -4.42. The van der Waals surface area contributed by atoms with Gasteiger partial charge in [0.25, 0.3) is 0 Å². The van der Waals surface area contributed by atoms with Gasteiger partial charge in [-0.15, -0.1) is 0 Å². The SMILES string of the molecule is FC(F)(F)c1nc(C2CCOCC2)nc2c1CNC2. The number of fused-ring (bicyclic) bond motifs is 1. The lowest BCUT2D eigenvalue weighted by Crippen LogP contribution is -2.21. The van der Waals surface area contributed by atoms with E-state index in [1.165, 1.54) is 0 Å². The van der Waals surface area contributed by atoms with Crippen molar-refractivity contribution in [1.29, 1.82) is 0 Å². The first-order valence-electron chi connectivity index (χ1n) is 6.31. The van der Waals surface area contributed by atoms with Crippen LogP contribution in [-0.2, 0) is 24.0 Å². The van der Waals surface area contributed by atoms with Gasteiger partial charge in [0.1, 0.15) is 5.82 Å². The maximum absolute atomic E-state index is 13.0. The molecule has 0 aromatic carbocycles. The first kappa shape index (κ1) is 12.8. The van der Waals surface area contributed by atoms with Crippen LogP contribution in [0.15, 0.2) is 0 Å². The lowest BCUT2D eigenvalue weighted by atomic mass is 9.98. The fourth-order valence-corrected chi connectivity index (χ4v) is 2.56. The van der Waals surface area contributed by atoms with E-state index in [0.29, 0.717) is 44.1 Å². The molecule has 0 bridgehead atoms. The molecular formula is C12H14F3N3O. The highest BCUT2D eigenvalue weighted by atomic mass is 19.4. The van der Waals surface area contributed by atoms with Crippen molar-refractivity contribution in [3.8, 4) is 0 Å². The van der Waals surface area contributed by atoms with E-state index in [2.05, 4.69) is 15.3 Å². The Kier molecular flexibility index (Phi) is 3.18. The monoisotopic (exact) mass is 273 g/mol. The topological polar surface area (TPSA) is 47.0 Å². The molecule has 3 heterocycles. The van der Waals surface area contributed by atoms with Gasteiger partial charge in [0.15, 0.2) is 5.69 Å². The summed E-state index contributed by atoms with van der Waals surface area (Å²) in [7, 11) is 0. The van der Waals surface area contributed by atoms with Crippen molar-refractivity contribution in [2.75, 3.05) is 13.2 Å². The standard InChI is InChI=1S/C12H14F3N3O/c13-12(14,15)10-8-5-16-6-9(8)17-11(18-10)7-1-3-19-4-2-7/h7,16H,1-6H2. The molecule has 0 radical (unpaired) electrons. The highest BCUT2D eigenvalue weighted by molar-refractivity contribution is 5.31. The molecule has 7 heteroatoms. The van der Waals surface area contributed by atoms with Crippen molar-refractivity contribution in [2.45, 2.75) is 38.0 Å². The van der Waals surface area contributed by atoms with Crippen LogP contribution in [0.5, 0.6) is 0 Å². The average Bonchev–Trinajstić information content (AvgIpc) is 2.85. The molecule has 104 valence electrons. The van der Waals surface area contributed by atoms with Gasteiger partial charge in [-0.25, -0.2) is 9.97 Å². The zero-order chi connectivity index (χ0) is 13.5. The number of hydrogen-bond acceptors (Lipinski definition) is 4. The molecule has 1 fully saturated rings. The third kappa shape index (κ3) is 2.44. The number of halogens is 3. The molecule has 1 aromatic rings. The summed E-state index contributed by atoms with van der Waals surface area (Å²) in [5, 5.41) is 2.90. The normalized spacial score (nSPS) is 20.6. The van der Waals surface area contributed by atoms with Crippen molar-refractivity contribution in [3.63, 3.8) is 0 Å². The Bertz CT molecular complexity index is 484. The molecule has 1 saturated heterocycles. The summed E-state index contributed by atoms with van der Waals surface area (Å²) in [6, 6.07) is 0. The Morgan fingerprint density at radius 3 is 2.53 bits per heavy atom. The lowest BCUT2D eigenvalue weighted by molar-refractivity contribution is -0.142. The Morgan fingerprint density at radius 1 is 1.11 bits per heavy atom. The number of ether oxygens (including phenoxy) is 1. The Hall–Kier alpha value is -1.21. The highest BCUT2D eigenvalue weighted by Gasteiger charge is 2.39. The molecule has 0 aliphatic carbocycles. The summed E-state index contributed by atoms with van der Waals surface area (Å²) >= 11 is 0. The van der Waals surface area contributed by atoms with E-state index >= 15 is 0 Å². The van der Waals surface area contributed by atoms with Crippen molar-refractivity contribution in [2.24, 2.45) is 0 Å². The number of alkyl halides is 3. The molecule has 4 nitrogen and oxygen atoms in total. The van der Waals surface area contributed by atoms with Crippen LogP contribution in [0.3, 0.4) is 0 Å². The van der Waals surface area contributed by atoms with E-state index in [1.54, 1.807) is 0 Å². The van der Waals surface area contributed by atoms with Gasteiger partial charge < -0.3 is 10.1 Å². The molecule has 0 saturated carbocycles. The number of nitrogens with zero attached hydrogens (tertiary/aromatic N) is 2. The van der Waals surface area contributed by atoms with Crippen LogP contribution in [0.25, 0.3) is 0 Å². The number of hydrogen-bond donors (Lipinski definition) is 1. The second kappa shape index (κ2) is 4.72. The minimum Gasteiger partial charge on any atom is -0.381 e. The summed E-state index contributed by atoms with van der Waals surface area (Å²) in [5.74, 6) is 0.291. The molecule has 0 amide bonds. The van der Waals surface area contributed by atoms with Gasteiger partial charge in [-0.3, -0.25) is 0 Å². The first-order chi connectivity index (χ1) is 9.05. The summed E-state index contributed by atoms with van der Waals surface area (Å²) < 4.78 is 44.4. The highest BCUT2D eigenvalue weighted by Crippen LogP contribution is 2.35. The van der Waals surface area contributed by atoms with Gasteiger partial charge in [-0.2, -0.15) is 13.2 Å². The van der Waals surface area contributed by atoms with E-state index < -0.39 is 11.9 Å². The van der Waals surface area contributed by atoms with Gasteiger partial charge in [0.05, 0.1) is 5.69 Å². The second-order valence-electron chi connectivity index (χ2n) is 4.84. The predicted octanol–water partition coefficient (Wildman–Crippen LogP) is 1.99. The molecule has 0 unspecified atom stereocenters. The van der Waals surface area contributed by atoms with E-state index in [4.69, 9.17) is 4.74 Å².